The van der Waals surface area contributed by atoms with E-state index in [0.717, 1.165) is 11.1 Å². The maximum atomic E-state index is 11.7. The number of rotatable bonds is 11. The topological polar surface area (TPSA) is 145 Å². The van der Waals surface area contributed by atoms with Crippen LogP contribution in [0.15, 0.2) is 69.7 Å². The van der Waals surface area contributed by atoms with Gasteiger partial charge in [0.1, 0.15) is 25.4 Å². The number of aromatic nitrogens is 2. The van der Waals surface area contributed by atoms with Gasteiger partial charge in [0, 0.05) is 12.8 Å². The highest BCUT2D eigenvalue weighted by Gasteiger charge is 2.23. The zero-order valence-corrected chi connectivity index (χ0v) is 20.5. The molecular weight excluding hydrogens is 480 g/mol. The van der Waals surface area contributed by atoms with Gasteiger partial charge in [-0.05, 0) is 21.4 Å². The van der Waals surface area contributed by atoms with Crippen molar-refractivity contribution in [2.75, 3.05) is 6.61 Å². The molecule has 0 spiro atoms. The third kappa shape index (κ3) is 7.28. The maximum Gasteiger partial charge on any atom is 0.344 e. The van der Waals surface area contributed by atoms with Crippen molar-refractivity contribution in [2.45, 2.75) is 39.9 Å². The molecule has 37 heavy (non-hydrogen) atoms. The summed E-state index contributed by atoms with van der Waals surface area (Å²) in [5.74, 6) is -0.604. The molecule has 0 fully saturated rings. The van der Waals surface area contributed by atoms with Gasteiger partial charge in [0.05, 0.1) is 0 Å². The monoisotopic (exact) mass is 508 g/mol. The van der Waals surface area contributed by atoms with Crippen LogP contribution in [0.2, 0.25) is 0 Å². The van der Waals surface area contributed by atoms with E-state index in [1.165, 1.54) is 0 Å². The number of hydrogen-bond donors (Lipinski definition) is 2. The zero-order valence-electron chi connectivity index (χ0n) is 20.5. The number of ether oxygens (including phenoxy) is 2. The van der Waals surface area contributed by atoms with Gasteiger partial charge in [-0.15, -0.1) is 0 Å². The minimum Gasteiger partial charge on any atom is -0.477 e. The van der Waals surface area contributed by atoms with Crippen LogP contribution in [0.1, 0.15) is 57.2 Å². The summed E-state index contributed by atoms with van der Waals surface area (Å²) < 4.78 is 20.9. The van der Waals surface area contributed by atoms with E-state index in [1.54, 1.807) is 6.92 Å². The number of benzene rings is 2. The molecule has 0 saturated heterocycles. The Hall–Kier alpha value is -4.44. The Morgan fingerprint density at radius 1 is 0.757 bits per heavy atom. The lowest BCUT2D eigenvalue weighted by atomic mass is 10.1. The van der Waals surface area contributed by atoms with Crippen molar-refractivity contribution in [1.82, 2.24) is 10.3 Å². The van der Waals surface area contributed by atoms with Crippen molar-refractivity contribution in [3.05, 3.63) is 94.4 Å². The summed E-state index contributed by atoms with van der Waals surface area (Å²) in [4.78, 5) is 22.8. The molecule has 2 aromatic carbocycles. The van der Waals surface area contributed by atoms with Crippen LogP contribution in [0, 0.1) is 0 Å². The predicted octanol–water partition coefficient (Wildman–Crippen LogP) is 4.51. The quantitative estimate of drug-likeness (QED) is 0.278. The lowest BCUT2D eigenvalue weighted by Gasteiger charge is -2.04. The molecule has 0 aliphatic rings. The lowest BCUT2D eigenvalue weighted by Crippen LogP contribution is -2.08. The van der Waals surface area contributed by atoms with Crippen LogP contribution in [-0.2, 0) is 26.1 Å². The van der Waals surface area contributed by atoms with E-state index in [1.807, 2.05) is 67.6 Å². The van der Waals surface area contributed by atoms with Gasteiger partial charge in [0.15, 0.2) is 22.9 Å². The number of nitrogens with zero attached hydrogens (tertiary/aromatic N) is 2. The van der Waals surface area contributed by atoms with Gasteiger partial charge in [-0.25, -0.2) is 4.79 Å². The minimum absolute atomic E-state index is 0.00781. The first kappa shape index (κ1) is 27.2. The molecule has 0 radical (unpaired) electrons. The van der Waals surface area contributed by atoms with Crippen molar-refractivity contribution in [2.24, 2.45) is 0 Å². The van der Waals surface area contributed by atoms with E-state index in [2.05, 4.69) is 10.3 Å². The Kier molecular flexibility index (Phi) is 9.98. The summed E-state index contributed by atoms with van der Waals surface area (Å²) in [7, 11) is 0. The number of aliphatic hydroxyl groups is 1. The van der Waals surface area contributed by atoms with E-state index < -0.39 is 18.4 Å². The average Bonchev–Trinajstić information content (AvgIpc) is 3.55. The second-order valence-corrected chi connectivity index (χ2v) is 7.71. The van der Waals surface area contributed by atoms with Gasteiger partial charge < -0.3 is 28.7 Å². The molecule has 10 nitrogen and oxygen atoms in total. The summed E-state index contributed by atoms with van der Waals surface area (Å²) in [5.41, 5.74) is 2.15. The SMILES string of the molecule is CCc1onc(OCc2ccccc2)c1C(=O)CO.CCc1onc(OCc2ccccc2)c1C(=O)O. The van der Waals surface area contributed by atoms with Gasteiger partial charge in [0.25, 0.3) is 11.8 Å². The molecular formula is C27H28N2O8. The fraction of sp³-hybridized carbons (Fsp3) is 0.259. The molecule has 10 heteroatoms. The van der Waals surface area contributed by atoms with Gasteiger partial charge in [-0.3, -0.25) is 4.79 Å². The molecule has 194 valence electrons. The number of carbonyl (C=O) groups is 2. The molecule has 0 unspecified atom stereocenters. The summed E-state index contributed by atoms with van der Waals surface area (Å²) in [5, 5.41) is 25.4. The Balaban J connectivity index is 0.000000206. The highest BCUT2D eigenvalue weighted by molar-refractivity contribution is 5.99. The molecule has 2 heterocycles. The van der Waals surface area contributed by atoms with Crippen molar-refractivity contribution in [1.29, 1.82) is 0 Å². The number of Topliss-reactive ketones (excluding diaryl/α,β-unsaturated/α-hetero) is 1. The van der Waals surface area contributed by atoms with Crippen molar-refractivity contribution < 1.29 is 38.3 Å². The lowest BCUT2D eigenvalue weighted by molar-refractivity contribution is 0.0689. The Morgan fingerprint density at radius 3 is 1.59 bits per heavy atom. The Labute approximate surface area is 213 Å². The fourth-order valence-electron chi connectivity index (χ4n) is 3.31. The summed E-state index contributed by atoms with van der Waals surface area (Å²) in [6.07, 6.45) is 0.978. The highest BCUT2D eigenvalue weighted by Crippen LogP contribution is 2.24. The normalized spacial score (nSPS) is 10.4. The van der Waals surface area contributed by atoms with E-state index in [9.17, 15) is 9.59 Å². The summed E-state index contributed by atoms with van der Waals surface area (Å²) in [6, 6.07) is 19.0. The number of ketones is 1. The average molecular weight is 509 g/mol. The van der Waals surface area contributed by atoms with Crippen LogP contribution in [0.5, 0.6) is 11.8 Å². The van der Waals surface area contributed by atoms with Gasteiger partial charge in [-0.1, -0.05) is 74.5 Å². The molecule has 0 saturated carbocycles. The second kappa shape index (κ2) is 13.6. The van der Waals surface area contributed by atoms with Gasteiger partial charge in [0.2, 0.25) is 0 Å². The van der Waals surface area contributed by atoms with Crippen LogP contribution >= 0.6 is 0 Å². The predicted molar refractivity (Wildman–Crippen MR) is 132 cm³/mol. The van der Waals surface area contributed by atoms with E-state index in [4.69, 9.17) is 28.7 Å². The maximum absolute atomic E-state index is 11.7. The van der Waals surface area contributed by atoms with E-state index in [-0.39, 0.29) is 29.5 Å². The second-order valence-electron chi connectivity index (χ2n) is 7.71. The van der Waals surface area contributed by atoms with Crippen LogP contribution in [0.25, 0.3) is 0 Å². The highest BCUT2D eigenvalue weighted by atomic mass is 16.5. The van der Waals surface area contributed by atoms with Crippen molar-refractivity contribution in [3.8, 4) is 11.8 Å². The number of aromatic carboxylic acids is 1. The first-order valence-corrected chi connectivity index (χ1v) is 11.7. The molecule has 2 aromatic heterocycles. The minimum atomic E-state index is -1.09. The van der Waals surface area contributed by atoms with Crippen LogP contribution in [-0.4, -0.2) is 38.9 Å². The van der Waals surface area contributed by atoms with Gasteiger partial charge in [-0.2, -0.15) is 0 Å². The molecule has 0 bridgehead atoms. The van der Waals surface area contributed by atoms with Crippen LogP contribution < -0.4 is 9.47 Å². The molecule has 4 aromatic rings. The number of carbonyl (C=O) groups excluding carboxylic acids is 1. The molecule has 0 atom stereocenters. The first-order valence-electron chi connectivity index (χ1n) is 11.7. The first-order chi connectivity index (χ1) is 18.0. The fourth-order valence-corrected chi connectivity index (χ4v) is 3.31. The standard InChI is InChI=1S/C14H15NO4.C13H13NO4/c1-2-12-13(11(17)8-16)14(15-19-12)18-9-10-6-4-3-5-7-10;1-2-10-11(13(15)16)12(14-18-10)17-8-9-6-4-3-5-7-9/h3-7,16H,2,8-9H2,1H3;3-7H,2,8H2,1H3,(H,15,16). The number of hydrogen-bond acceptors (Lipinski definition) is 9. The van der Waals surface area contributed by atoms with Crippen LogP contribution in [0.3, 0.4) is 0 Å². The third-order valence-corrected chi connectivity index (χ3v) is 5.18. The van der Waals surface area contributed by atoms with E-state index in [0.29, 0.717) is 31.0 Å². The number of carboxylic acid groups (broad SMARTS) is 1. The zero-order chi connectivity index (χ0) is 26.6. The Morgan fingerprint density at radius 2 is 1.19 bits per heavy atom. The largest absolute Gasteiger partial charge is 0.477 e. The number of aryl methyl sites for hydroxylation is 2. The van der Waals surface area contributed by atoms with Crippen molar-refractivity contribution >= 4 is 11.8 Å². The number of carboxylic acids is 1. The summed E-state index contributed by atoms with van der Waals surface area (Å²) in [6.45, 7) is 3.61. The Bertz CT molecular complexity index is 1280. The smallest absolute Gasteiger partial charge is 0.344 e. The molecule has 4 rings (SSSR count). The molecule has 0 amide bonds. The third-order valence-electron chi connectivity index (χ3n) is 5.18. The molecule has 0 aliphatic heterocycles. The molecule has 2 N–H and O–H groups in total. The van der Waals surface area contributed by atoms with E-state index >= 15 is 0 Å². The van der Waals surface area contributed by atoms with Crippen molar-refractivity contribution in [3.63, 3.8) is 0 Å². The summed E-state index contributed by atoms with van der Waals surface area (Å²) >= 11 is 0. The number of aliphatic hydroxyl groups excluding tert-OH is 1. The molecule has 0 aliphatic carbocycles. The van der Waals surface area contributed by atoms with Gasteiger partial charge >= 0.3 is 5.97 Å². The van der Waals surface area contributed by atoms with Crippen LogP contribution in [0.4, 0.5) is 0 Å².